The van der Waals surface area contributed by atoms with Crippen molar-refractivity contribution in [2.24, 2.45) is 34.5 Å². The first kappa shape index (κ1) is 17.8. The summed E-state index contributed by atoms with van der Waals surface area (Å²) in [6.07, 6.45) is 8.75. The van der Waals surface area contributed by atoms with E-state index in [2.05, 4.69) is 13.8 Å². The summed E-state index contributed by atoms with van der Waals surface area (Å²) in [4.78, 5) is 23.8. The van der Waals surface area contributed by atoms with E-state index in [1.807, 2.05) is 6.08 Å². The molecular weight excluding hydrogens is 352 g/mol. The number of carbonyl (C=O) groups excluding carboxylic acids is 2. The lowest BCUT2D eigenvalue weighted by molar-refractivity contribution is -0.129. The second kappa shape index (κ2) is 5.00. The molecule has 4 heteroatoms. The predicted molar refractivity (Wildman–Crippen MR) is 103 cm³/mol. The Labute approximate surface area is 167 Å². The van der Waals surface area contributed by atoms with E-state index in [-0.39, 0.29) is 28.3 Å². The van der Waals surface area contributed by atoms with E-state index < -0.39 is 5.60 Å². The molecule has 1 heterocycles. The van der Waals surface area contributed by atoms with E-state index in [0.717, 1.165) is 25.7 Å². The van der Waals surface area contributed by atoms with E-state index in [9.17, 15) is 14.7 Å². The number of epoxide rings is 1. The van der Waals surface area contributed by atoms with E-state index in [1.54, 1.807) is 6.92 Å². The van der Waals surface area contributed by atoms with Crippen molar-refractivity contribution < 1.29 is 19.4 Å². The fraction of sp³-hybridized carbons (Fsp3) is 0.833. The van der Waals surface area contributed by atoms with Crippen molar-refractivity contribution in [1.29, 1.82) is 0 Å². The molecule has 1 N–H and O–H groups in total. The predicted octanol–water partition coefficient (Wildman–Crippen LogP) is 3.61. The highest BCUT2D eigenvalue weighted by Gasteiger charge is 2.84. The molecule has 1 unspecified atom stereocenters. The Morgan fingerprint density at radius 2 is 2.11 bits per heavy atom. The Kier molecular flexibility index (Phi) is 3.18. The van der Waals surface area contributed by atoms with Crippen LogP contribution in [0, 0.1) is 34.5 Å². The summed E-state index contributed by atoms with van der Waals surface area (Å²) in [7, 11) is 0. The normalized spacial score (nSPS) is 57.9. The van der Waals surface area contributed by atoms with Gasteiger partial charge in [-0.15, -0.1) is 0 Å². The molecule has 4 saturated carbocycles. The molecule has 5 fully saturated rings. The van der Waals surface area contributed by atoms with Gasteiger partial charge in [0.25, 0.3) is 0 Å². The second-order valence-electron chi connectivity index (χ2n) is 11.3. The molecule has 0 radical (unpaired) electrons. The number of fused-ring (bicyclic) bond motifs is 6. The Hall–Kier alpha value is -1.00. The minimum absolute atomic E-state index is 0.00463. The van der Waals surface area contributed by atoms with Gasteiger partial charge in [-0.3, -0.25) is 4.79 Å². The van der Waals surface area contributed by atoms with Crippen molar-refractivity contribution in [1.82, 2.24) is 0 Å². The molecule has 0 bridgehead atoms. The molecule has 1 saturated heterocycles. The van der Waals surface area contributed by atoms with Crippen LogP contribution >= 0.6 is 0 Å². The molecule has 4 nitrogen and oxygen atoms in total. The van der Waals surface area contributed by atoms with Gasteiger partial charge in [-0.1, -0.05) is 19.4 Å². The Balaban J connectivity index is 1.40. The Morgan fingerprint density at radius 3 is 2.86 bits per heavy atom. The van der Waals surface area contributed by atoms with Crippen molar-refractivity contribution in [3.63, 3.8) is 0 Å². The molecular formula is C24H32O4. The number of hydrogen-bond acceptors (Lipinski definition) is 4. The van der Waals surface area contributed by atoms with Gasteiger partial charge in [0.05, 0.1) is 11.7 Å². The third-order valence-corrected chi connectivity index (χ3v) is 10.3. The molecule has 0 aromatic rings. The number of Topliss-reactive ketones (excluding diaryl/α,β-unsaturated/α-hetero) is 1. The van der Waals surface area contributed by atoms with Crippen LogP contribution in [0.3, 0.4) is 0 Å². The summed E-state index contributed by atoms with van der Waals surface area (Å²) < 4.78 is 6.66. The van der Waals surface area contributed by atoms with E-state index >= 15 is 0 Å². The molecule has 1 aliphatic heterocycles. The number of rotatable bonds is 3. The lowest BCUT2D eigenvalue weighted by atomic mass is 9.46. The summed E-state index contributed by atoms with van der Waals surface area (Å²) in [5, 5.41) is 11.7. The topological polar surface area (TPSA) is 66.9 Å². The molecule has 0 aromatic carbocycles. The third kappa shape index (κ3) is 1.82. The summed E-state index contributed by atoms with van der Waals surface area (Å²) >= 11 is 0. The smallest absolute Gasteiger partial charge is 0.155 e. The maximum absolute atomic E-state index is 12.2. The second-order valence-corrected chi connectivity index (χ2v) is 11.3. The van der Waals surface area contributed by atoms with Crippen LogP contribution in [0.1, 0.15) is 72.1 Å². The highest BCUT2D eigenvalue weighted by Crippen LogP contribution is 2.82. The van der Waals surface area contributed by atoms with Gasteiger partial charge in [0.15, 0.2) is 5.78 Å². The first-order valence-electron chi connectivity index (χ1n) is 11.3. The molecule has 152 valence electrons. The standard InChI is InChI=1S/C24H32O4/c1-13(25)4-8-23(27)9-6-17-20-16-11-15(16)18-10-14(26)5-7-21(18,2)24(20)19(28-24)12-22(17,23)3/h10,15-17,19-20,27H,4-9,11-12H2,1-3H3/t15-,16+,17+,19?,20+,21+,22+,23+,24-/m1/s1. The van der Waals surface area contributed by atoms with Crippen LogP contribution in [-0.4, -0.2) is 34.0 Å². The summed E-state index contributed by atoms with van der Waals surface area (Å²) in [5.74, 6) is 2.61. The quantitative estimate of drug-likeness (QED) is 0.755. The molecule has 0 amide bonds. The van der Waals surface area contributed by atoms with E-state index in [1.165, 1.54) is 12.0 Å². The van der Waals surface area contributed by atoms with Gasteiger partial charge in [0.2, 0.25) is 0 Å². The SMILES string of the molecule is CC(=O)CC[C@]1(O)CC[C@H]2[C@@H]3[C@H]4C[C@H]4C4=CC(=O)CC[C@]4(C)[C@]34OC4C[C@@]21C. The van der Waals surface area contributed by atoms with Crippen LogP contribution < -0.4 is 0 Å². The lowest BCUT2D eigenvalue weighted by Gasteiger charge is -2.56. The molecule has 6 rings (SSSR count). The first-order valence-corrected chi connectivity index (χ1v) is 11.3. The number of hydrogen-bond donors (Lipinski definition) is 1. The molecule has 28 heavy (non-hydrogen) atoms. The average molecular weight is 385 g/mol. The molecule has 6 aliphatic rings. The zero-order valence-corrected chi connectivity index (χ0v) is 17.3. The minimum atomic E-state index is -0.745. The van der Waals surface area contributed by atoms with Crippen molar-refractivity contribution in [3.8, 4) is 0 Å². The Morgan fingerprint density at radius 1 is 1.32 bits per heavy atom. The van der Waals surface area contributed by atoms with Crippen LogP contribution in [0.15, 0.2) is 11.6 Å². The van der Waals surface area contributed by atoms with Gasteiger partial charge in [-0.2, -0.15) is 0 Å². The largest absolute Gasteiger partial charge is 0.389 e. The maximum Gasteiger partial charge on any atom is 0.155 e. The van der Waals surface area contributed by atoms with Crippen LogP contribution in [0.5, 0.6) is 0 Å². The summed E-state index contributed by atoms with van der Waals surface area (Å²) in [6.45, 7) is 6.28. The van der Waals surface area contributed by atoms with Crippen LogP contribution in [0.4, 0.5) is 0 Å². The molecule has 5 aliphatic carbocycles. The highest BCUT2D eigenvalue weighted by atomic mass is 16.6. The van der Waals surface area contributed by atoms with Gasteiger partial charge in [-0.05, 0) is 75.2 Å². The number of ether oxygens (including phenoxy) is 1. The highest BCUT2D eigenvalue weighted by molar-refractivity contribution is 5.92. The first-order chi connectivity index (χ1) is 13.2. The van der Waals surface area contributed by atoms with Gasteiger partial charge >= 0.3 is 0 Å². The summed E-state index contributed by atoms with van der Waals surface area (Å²) in [6, 6.07) is 0. The number of aliphatic hydroxyl groups is 1. The lowest BCUT2D eigenvalue weighted by Crippen LogP contribution is -2.60. The third-order valence-electron chi connectivity index (χ3n) is 10.3. The van der Waals surface area contributed by atoms with Gasteiger partial charge in [0.1, 0.15) is 11.4 Å². The van der Waals surface area contributed by atoms with Crippen LogP contribution in [0.25, 0.3) is 0 Å². The van der Waals surface area contributed by atoms with Crippen molar-refractivity contribution in [2.45, 2.75) is 89.4 Å². The van der Waals surface area contributed by atoms with E-state index in [4.69, 9.17) is 4.74 Å². The number of carbonyl (C=O) groups is 2. The molecule has 0 aromatic heterocycles. The van der Waals surface area contributed by atoms with E-state index in [0.29, 0.717) is 48.7 Å². The monoisotopic (exact) mass is 384 g/mol. The maximum atomic E-state index is 12.2. The molecule has 1 spiro atoms. The van der Waals surface area contributed by atoms with Crippen LogP contribution in [0.2, 0.25) is 0 Å². The fourth-order valence-corrected chi connectivity index (χ4v) is 8.72. The van der Waals surface area contributed by atoms with Gasteiger partial charge in [0, 0.05) is 23.7 Å². The van der Waals surface area contributed by atoms with Crippen molar-refractivity contribution in [2.75, 3.05) is 0 Å². The summed E-state index contributed by atoms with van der Waals surface area (Å²) in [5.41, 5.74) is 0.377. The number of ketones is 2. The minimum Gasteiger partial charge on any atom is -0.389 e. The Bertz CT molecular complexity index is 830. The van der Waals surface area contributed by atoms with Gasteiger partial charge in [-0.25, -0.2) is 0 Å². The fourth-order valence-electron chi connectivity index (χ4n) is 8.72. The zero-order chi connectivity index (χ0) is 19.7. The molecule has 9 atom stereocenters. The van der Waals surface area contributed by atoms with Crippen molar-refractivity contribution >= 4 is 11.6 Å². The zero-order valence-electron chi connectivity index (χ0n) is 17.3. The van der Waals surface area contributed by atoms with Crippen LogP contribution in [-0.2, 0) is 14.3 Å². The average Bonchev–Trinajstić information content (AvgIpc) is 3.52. The van der Waals surface area contributed by atoms with Crippen molar-refractivity contribution in [3.05, 3.63) is 11.6 Å². The van der Waals surface area contributed by atoms with Gasteiger partial charge < -0.3 is 14.6 Å².